The Morgan fingerprint density at radius 3 is 2.64 bits per heavy atom. The van der Waals surface area contributed by atoms with Gasteiger partial charge in [-0.1, -0.05) is 30.4 Å². The van der Waals surface area contributed by atoms with Crippen LogP contribution >= 0.6 is 0 Å². The molecule has 0 radical (unpaired) electrons. The standard InChI is InChI=1S/C18H24N2O2/c1-4-11-18(14-19,17(21)22-15(2)3)12-8-13-20-16-9-6-5-7-10-16/h4-7,9-11,15,20H,8,12-13H2,1-3H3/b11-4+. The Kier molecular flexibility index (Phi) is 7.18. The molecule has 0 aromatic heterocycles. The Labute approximate surface area is 132 Å². The molecule has 0 amide bonds. The lowest BCUT2D eigenvalue weighted by molar-refractivity contribution is -0.154. The summed E-state index contributed by atoms with van der Waals surface area (Å²) in [6, 6.07) is 12.0. The molecule has 0 bridgehead atoms. The van der Waals surface area contributed by atoms with Crippen molar-refractivity contribution >= 4 is 11.7 Å². The van der Waals surface area contributed by atoms with Crippen molar-refractivity contribution < 1.29 is 9.53 Å². The molecule has 0 spiro atoms. The maximum absolute atomic E-state index is 12.2. The van der Waals surface area contributed by atoms with Crippen molar-refractivity contribution in [2.75, 3.05) is 11.9 Å². The van der Waals surface area contributed by atoms with E-state index in [1.165, 1.54) is 0 Å². The van der Waals surface area contributed by atoms with Gasteiger partial charge in [0.15, 0.2) is 5.41 Å². The minimum Gasteiger partial charge on any atom is -0.462 e. The second-order valence-electron chi connectivity index (χ2n) is 5.43. The summed E-state index contributed by atoms with van der Waals surface area (Å²) in [5.41, 5.74) is -0.168. The smallest absolute Gasteiger partial charge is 0.330 e. The van der Waals surface area contributed by atoms with E-state index in [1.54, 1.807) is 32.9 Å². The molecule has 1 N–H and O–H groups in total. The Morgan fingerprint density at radius 2 is 2.09 bits per heavy atom. The molecular weight excluding hydrogens is 276 g/mol. The van der Waals surface area contributed by atoms with Gasteiger partial charge in [-0.25, -0.2) is 4.79 Å². The minimum absolute atomic E-state index is 0.229. The molecule has 0 saturated carbocycles. The number of nitriles is 1. The van der Waals surface area contributed by atoms with Crippen LogP contribution in [0.1, 0.15) is 33.6 Å². The second-order valence-corrected chi connectivity index (χ2v) is 5.43. The van der Waals surface area contributed by atoms with E-state index in [9.17, 15) is 10.1 Å². The molecule has 0 aliphatic carbocycles. The number of ether oxygens (including phenoxy) is 1. The summed E-state index contributed by atoms with van der Waals surface area (Å²) in [7, 11) is 0. The SMILES string of the molecule is C/C=C/C(C#N)(CCCNc1ccccc1)C(=O)OC(C)C. The molecule has 4 heteroatoms. The van der Waals surface area contributed by atoms with E-state index in [4.69, 9.17) is 4.74 Å². The lowest BCUT2D eigenvalue weighted by Gasteiger charge is -2.22. The maximum Gasteiger partial charge on any atom is 0.330 e. The van der Waals surface area contributed by atoms with E-state index in [0.29, 0.717) is 19.4 Å². The maximum atomic E-state index is 12.2. The van der Waals surface area contributed by atoms with Gasteiger partial charge in [-0.2, -0.15) is 5.26 Å². The number of allylic oxidation sites excluding steroid dienone is 1. The molecule has 1 aromatic rings. The summed E-state index contributed by atoms with van der Waals surface area (Å²) in [6.07, 6.45) is 4.27. The van der Waals surface area contributed by atoms with Crippen LogP contribution in [0.15, 0.2) is 42.5 Å². The first kappa shape index (κ1) is 17.8. The van der Waals surface area contributed by atoms with Gasteiger partial charge in [0, 0.05) is 12.2 Å². The number of nitrogens with one attached hydrogen (secondary N) is 1. The number of carbonyl (C=O) groups is 1. The van der Waals surface area contributed by atoms with E-state index in [-0.39, 0.29) is 6.10 Å². The van der Waals surface area contributed by atoms with Gasteiger partial charge < -0.3 is 10.1 Å². The number of hydrogen-bond donors (Lipinski definition) is 1. The molecule has 118 valence electrons. The minimum atomic E-state index is -1.20. The highest BCUT2D eigenvalue weighted by Crippen LogP contribution is 2.28. The van der Waals surface area contributed by atoms with Crippen LogP contribution in [-0.4, -0.2) is 18.6 Å². The average molecular weight is 300 g/mol. The largest absolute Gasteiger partial charge is 0.462 e. The zero-order valence-electron chi connectivity index (χ0n) is 13.5. The van der Waals surface area contributed by atoms with Gasteiger partial charge in [-0.3, -0.25) is 0 Å². The van der Waals surface area contributed by atoms with Crippen LogP contribution < -0.4 is 5.32 Å². The number of nitrogens with zero attached hydrogens (tertiary/aromatic N) is 1. The van der Waals surface area contributed by atoms with Crippen molar-refractivity contribution in [3.63, 3.8) is 0 Å². The van der Waals surface area contributed by atoms with Crippen molar-refractivity contribution in [2.24, 2.45) is 5.41 Å². The van der Waals surface area contributed by atoms with Crippen molar-refractivity contribution in [3.8, 4) is 6.07 Å². The van der Waals surface area contributed by atoms with Crippen molar-refractivity contribution in [2.45, 2.75) is 39.7 Å². The fourth-order valence-electron chi connectivity index (χ4n) is 2.15. The van der Waals surface area contributed by atoms with Gasteiger partial charge in [0.1, 0.15) is 0 Å². The lowest BCUT2D eigenvalue weighted by Crippen LogP contribution is -2.32. The predicted molar refractivity (Wildman–Crippen MR) is 88.3 cm³/mol. The third-order valence-corrected chi connectivity index (χ3v) is 3.21. The number of benzene rings is 1. The first-order chi connectivity index (χ1) is 10.5. The lowest BCUT2D eigenvalue weighted by atomic mass is 9.84. The van der Waals surface area contributed by atoms with Crippen molar-refractivity contribution in [1.29, 1.82) is 5.26 Å². The molecular formula is C18H24N2O2. The monoisotopic (exact) mass is 300 g/mol. The highest BCUT2D eigenvalue weighted by atomic mass is 16.5. The van der Waals surface area contributed by atoms with Gasteiger partial charge in [-0.15, -0.1) is 0 Å². The summed E-state index contributed by atoms with van der Waals surface area (Å²) in [5.74, 6) is -0.470. The number of carbonyl (C=O) groups excluding carboxylic acids is 1. The molecule has 1 unspecified atom stereocenters. The van der Waals surface area contributed by atoms with Gasteiger partial charge in [0.2, 0.25) is 0 Å². The molecule has 0 saturated heterocycles. The highest BCUT2D eigenvalue weighted by Gasteiger charge is 2.37. The van der Waals surface area contributed by atoms with Crippen LogP contribution in [0, 0.1) is 16.7 Å². The normalized spacial score (nSPS) is 13.6. The van der Waals surface area contributed by atoms with E-state index in [2.05, 4.69) is 11.4 Å². The molecule has 4 nitrogen and oxygen atoms in total. The third kappa shape index (κ3) is 5.25. The van der Waals surface area contributed by atoms with Crippen LogP contribution in [0.2, 0.25) is 0 Å². The van der Waals surface area contributed by atoms with Crippen molar-refractivity contribution in [1.82, 2.24) is 0 Å². The summed E-state index contributed by atoms with van der Waals surface area (Å²) in [5, 5.41) is 12.8. The molecule has 0 heterocycles. The average Bonchev–Trinajstić information content (AvgIpc) is 2.50. The number of hydrogen-bond acceptors (Lipinski definition) is 4. The molecule has 1 atom stereocenters. The zero-order valence-corrected chi connectivity index (χ0v) is 13.5. The van der Waals surface area contributed by atoms with Crippen LogP contribution in [0.4, 0.5) is 5.69 Å². The summed E-state index contributed by atoms with van der Waals surface area (Å²) < 4.78 is 5.24. The van der Waals surface area contributed by atoms with Gasteiger partial charge in [0.25, 0.3) is 0 Å². The fourth-order valence-corrected chi connectivity index (χ4v) is 2.15. The Morgan fingerprint density at radius 1 is 1.41 bits per heavy atom. The van der Waals surface area contributed by atoms with Gasteiger partial charge in [-0.05, 0) is 45.7 Å². The van der Waals surface area contributed by atoms with Crippen LogP contribution in [0.5, 0.6) is 0 Å². The molecule has 0 aliphatic heterocycles. The Balaban J connectivity index is 2.62. The van der Waals surface area contributed by atoms with Crippen LogP contribution in [0.25, 0.3) is 0 Å². The quantitative estimate of drug-likeness (QED) is 0.449. The third-order valence-electron chi connectivity index (χ3n) is 3.21. The molecule has 0 aliphatic rings. The number of esters is 1. The summed E-state index contributed by atoms with van der Waals surface area (Å²) >= 11 is 0. The van der Waals surface area contributed by atoms with E-state index in [0.717, 1.165) is 5.69 Å². The molecule has 0 fully saturated rings. The Bertz CT molecular complexity index is 532. The first-order valence-electron chi connectivity index (χ1n) is 7.59. The van der Waals surface area contributed by atoms with Crippen LogP contribution in [-0.2, 0) is 9.53 Å². The van der Waals surface area contributed by atoms with Crippen molar-refractivity contribution in [3.05, 3.63) is 42.5 Å². The van der Waals surface area contributed by atoms with Gasteiger partial charge >= 0.3 is 5.97 Å². The summed E-state index contributed by atoms with van der Waals surface area (Å²) in [4.78, 5) is 12.2. The Hall–Kier alpha value is -2.28. The first-order valence-corrected chi connectivity index (χ1v) is 7.59. The van der Waals surface area contributed by atoms with E-state index >= 15 is 0 Å². The number of anilines is 1. The summed E-state index contributed by atoms with van der Waals surface area (Å²) in [6.45, 7) is 6.07. The molecule has 1 rings (SSSR count). The fraction of sp³-hybridized carbons (Fsp3) is 0.444. The topological polar surface area (TPSA) is 62.1 Å². The predicted octanol–water partition coefficient (Wildman–Crippen LogP) is 3.92. The number of rotatable bonds is 8. The zero-order chi connectivity index (χ0) is 16.4. The van der Waals surface area contributed by atoms with E-state index < -0.39 is 11.4 Å². The highest BCUT2D eigenvalue weighted by molar-refractivity contribution is 5.82. The van der Waals surface area contributed by atoms with E-state index in [1.807, 2.05) is 30.3 Å². The van der Waals surface area contributed by atoms with Gasteiger partial charge in [0.05, 0.1) is 12.2 Å². The molecule has 22 heavy (non-hydrogen) atoms. The second kappa shape index (κ2) is 8.89. The molecule has 1 aromatic carbocycles. The van der Waals surface area contributed by atoms with Crippen LogP contribution in [0.3, 0.4) is 0 Å². The number of para-hydroxylation sites is 1.